The van der Waals surface area contributed by atoms with Gasteiger partial charge in [0.15, 0.2) is 0 Å². The molecule has 0 radical (unpaired) electrons. The Morgan fingerprint density at radius 3 is 2.64 bits per heavy atom. The highest BCUT2D eigenvalue weighted by Crippen LogP contribution is 2.28. The number of halogens is 2. The molecule has 22 heavy (non-hydrogen) atoms. The van der Waals surface area contributed by atoms with Crippen molar-refractivity contribution < 1.29 is 14.3 Å². The summed E-state index contributed by atoms with van der Waals surface area (Å²) in [6.45, 7) is 4.07. The van der Waals surface area contributed by atoms with Crippen molar-refractivity contribution >= 4 is 35.6 Å². The minimum atomic E-state index is -0.234. The summed E-state index contributed by atoms with van der Waals surface area (Å²) in [4.78, 5) is 12.1. The van der Waals surface area contributed by atoms with Gasteiger partial charge in [0.2, 0.25) is 0 Å². The second kappa shape index (κ2) is 11.4. The molecule has 126 valence electrons. The number of anilines is 1. The molecular weight excluding hydrogens is 327 g/mol. The van der Waals surface area contributed by atoms with Crippen LogP contribution in [0, 0.1) is 0 Å². The Morgan fingerprint density at radius 1 is 1.32 bits per heavy atom. The maximum atomic E-state index is 12.1. The molecule has 1 amide bonds. The fourth-order valence-corrected chi connectivity index (χ4v) is 1.90. The summed E-state index contributed by atoms with van der Waals surface area (Å²) in [6, 6.07) is 3.06. The van der Waals surface area contributed by atoms with Crippen molar-refractivity contribution in [3.05, 3.63) is 22.7 Å². The molecule has 0 aromatic heterocycles. The summed E-state index contributed by atoms with van der Waals surface area (Å²) in [6.07, 6.45) is 2.95. The second-order valence-corrected chi connectivity index (χ2v) is 5.06. The molecule has 0 fully saturated rings. The Morgan fingerprint density at radius 2 is 2.00 bits per heavy atom. The lowest BCUT2D eigenvalue weighted by Gasteiger charge is -2.11. The molecule has 0 atom stereocenters. The van der Waals surface area contributed by atoms with Crippen LogP contribution < -0.4 is 15.8 Å². The lowest BCUT2D eigenvalue weighted by atomic mass is 10.1. The van der Waals surface area contributed by atoms with E-state index in [4.69, 9.17) is 26.8 Å². The summed E-state index contributed by atoms with van der Waals surface area (Å²) < 4.78 is 10.6. The van der Waals surface area contributed by atoms with Crippen LogP contribution in [0.1, 0.15) is 36.5 Å². The highest BCUT2D eigenvalue weighted by molar-refractivity contribution is 6.33. The Bertz CT molecular complexity index is 470. The van der Waals surface area contributed by atoms with Crippen molar-refractivity contribution in [2.45, 2.75) is 26.2 Å². The molecule has 3 N–H and O–H groups in total. The van der Waals surface area contributed by atoms with Gasteiger partial charge in [-0.15, -0.1) is 12.4 Å². The van der Waals surface area contributed by atoms with Crippen LogP contribution in [0.4, 0.5) is 5.69 Å². The maximum absolute atomic E-state index is 12.1. The number of hydrogen-bond acceptors (Lipinski definition) is 4. The number of benzene rings is 1. The quantitative estimate of drug-likeness (QED) is 0.529. The van der Waals surface area contributed by atoms with Gasteiger partial charge in [-0.3, -0.25) is 4.79 Å². The number of nitrogens with one attached hydrogen (secondary N) is 1. The van der Waals surface area contributed by atoms with Crippen LogP contribution in [0.2, 0.25) is 5.02 Å². The second-order valence-electron chi connectivity index (χ2n) is 4.65. The Balaban J connectivity index is 0.00000441. The van der Waals surface area contributed by atoms with Crippen molar-refractivity contribution in [1.82, 2.24) is 5.32 Å². The van der Waals surface area contributed by atoms with Crippen molar-refractivity contribution in [3.63, 3.8) is 0 Å². The minimum absolute atomic E-state index is 0. The van der Waals surface area contributed by atoms with Gasteiger partial charge in [0.25, 0.3) is 5.91 Å². The van der Waals surface area contributed by atoms with E-state index in [1.54, 1.807) is 6.07 Å². The van der Waals surface area contributed by atoms with E-state index in [1.807, 2.05) is 0 Å². The predicted octanol–water partition coefficient (Wildman–Crippen LogP) is 3.29. The van der Waals surface area contributed by atoms with Gasteiger partial charge >= 0.3 is 0 Å². The first-order valence-corrected chi connectivity index (χ1v) is 7.46. The van der Waals surface area contributed by atoms with E-state index in [0.717, 1.165) is 25.9 Å². The van der Waals surface area contributed by atoms with E-state index in [1.165, 1.54) is 13.2 Å². The van der Waals surface area contributed by atoms with Gasteiger partial charge in [-0.25, -0.2) is 0 Å². The van der Waals surface area contributed by atoms with E-state index < -0.39 is 0 Å². The van der Waals surface area contributed by atoms with Crippen LogP contribution >= 0.6 is 24.0 Å². The van der Waals surface area contributed by atoms with Gasteiger partial charge in [0.1, 0.15) is 5.75 Å². The summed E-state index contributed by atoms with van der Waals surface area (Å²) >= 11 is 5.94. The molecule has 0 saturated heterocycles. The number of nitrogen functional groups attached to an aromatic ring is 1. The molecule has 0 saturated carbocycles. The van der Waals surface area contributed by atoms with Gasteiger partial charge < -0.3 is 20.5 Å². The van der Waals surface area contributed by atoms with Crippen LogP contribution in [0.5, 0.6) is 5.75 Å². The SMILES string of the molecule is CCCCOCCCNC(=O)c1cc(Cl)c(N)cc1OC.Cl. The zero-order valence-corrected chi connectivity index (χ0v) is 14.6. The first-order valence-electron chi connectivity index (χ1n) is 7.09. The van der Waals surface area contributed by atoms with Crippen molar-refractivity contribution in [3.8, 4) is 5.75 Å². The smallest absolute Gasteiger partial charge is 0.255 e. The van der Waals surface area contributed by atoms with Gasteiger partial charge in [-0.2, -0.15) is 0 Å². The topological polar surface area (TPSA) is 73.6 Å². The zero-order valence-electron chi connectivity index (χ0n) is 13.0. The number of amides is 1. The van der Waals surface area contributed by atoms with Gasteiger partial charge in [-0.05, 0) is 18.9 Å². The number of unbranched alkanes of at least 4 members (excludes halogenated alkanes) is 1. The van der Waals surface area contributed by atoms with Crippen molar-refractivity contribution in [2.24, 2.45) is 0 Å². The molecule has 0 unspecified atom stereocenters. The predicted molar refractivity (Wildman–Crippen MR) is 92.3 cm³/mol. The minimum Gasteiger partial charge on any atom is -0.496 e. The fourth-order valence-electron chi connectivity index (χ4n) is 1.74. The monoisotopic (exact) mass is 350 g/mol. The molecule has 0 aliphatic rings. The van der Waals surface area contributed by atoms with E-state index in [2.05, 4.69) is 12.2 Å². The first-order chi connectivity index (χ1) is 10.1. The van der Waals surface area contributed by atoms with Crippen LogP contribution in [-0.4, -0.2) is 32.8 Å². The zero-order chi connectivity index (χ0) is 15.7. The largest absolute Gasteiger partial charge is 0.496 e. The summed E-state index contributed by atoms with van der Waals surface area (Å²) in [5, 5.41) is 3.15. The third-order valence-electron chi connectivity index (χ3n) is 2.96. The lowest BCUT2D eigenvalue weighted by molar-refractivity contribution is 0.0937. The van der Waals surface area contributed by atoms with Crippen molar-refractivity contribution in [1.29, 1.82) is 0 Å². The summed E-state index contributed by atoms with van der Waals surface area (Å²) in [7, 11) is 1.49. The van der Waals surface area contributed by atoms with Crippen LogP contribution in [0.25, 0.3) is 0 Å². The molecule has 1 aromatic rings. The van der Waals surface area contributed by atoms with Gasteiger partial charge in [0, 0.05) is 25.8 Å². The molecule has 0 aliphatic carbocycles. The molecule has 0 aliphatic heterocycles. The first kappa shape index (κ1) is 20.8. The number of methoxy groups -OCH3 is 1. The molecule has 0 bridgehead atoms. The molecule has 0 spiro atoms. The van der Waals surface area contributed by atoms with Crippen LogP contribution in [0.3, 0.4) is 0 Å². The average molecular weight is 351 g/mol. The number of hydrogen-bond donors (Lipinski definition) is 2. The molecule has 5 nitrogen and oxygen atoms in total. The van der Waals surface area contributed by atoms with Crippen LogP contribution in [0.15, 0.2) is 12.1 Å². The lowest BCUT2D eigenvalue weighted by Crippen LogP contribution is -2.25. The van der Waals surface area contributed by atoms with Gasteiger partial charge in [0.05, 0.1) is 23.4 Å². The number of ether oxygens (including phenoxy) is 2. The molecule has 1 aromatic carbocycles. The molecule has 0 heterocycles. The average Bonchev–Trinajstić information content (AvgIpc) is 2.48. The molecular formula is C15H24Cl2N2O3. The standard InChI is InChI=1S/C15H23ClN2O3.ClH/c1-3-4-7-21-8-5-6-18-15(19)11-9-12(16)13(17)10-14(11)20-2;/h9-10H,3-8,17H2,1-2H3,(H,18,19);1H. The van der Waals surface area contributed by atoms with Gasteiger partial charge in [-0.1, -0.05) is 24.9 Å². The summed E-state index contributed by atoms with van der Waals surface area (Å²) in [5.74, 6) is 0.177. The highest BCUT2D eigenvalue weighted by atomic mass is 35.5. The fraction of sp³-hybridized carbons (Fsp3) is 0.533. The Kier molecular flexibility index (Phi) is 10.8. The van der Waals surface area contributed by atoms with E-state index in [9.17, 15) is 4.79 Å². The van der Waals surface area contributed by atoms with E-state index in [-0.39, 0.29) is 18.3 Å². The highest BCUT2D eigenvalue weighted by Gasteiger charge is 2.14. The Hall–Kier alpha value is -1.17. The number of carbonyl (C=O) groups is 1. The number of carbonyl (C=O) groups excluding carboxylic acids is 1. The Labute approximate surface area is 142 Å². The number of nitrogens with two attached hydrogens (primary N) is 1. The van der Waals surface area contributed by atoms with Crippen molar-refractivity contribution in [2.75, 3.05) is 32.6 Å². The van der Waals surface area contributed by atoms with E-state index in [0.29, 0.717) is 35.2 Å². The normalized spacial score (nSPS) is 9.95. The molecule has 1 rings (SSSR count). The van der Waals surface area contributed by atoms with Crippen LogP contribution in [-0.2, 0) is 4.74 Å². The summed E-state index contributed by atoms with van der Waals surface area (Å²) in [5.41, 5.74) is 6.45. The third kappa shape index (κ3) is 6.73. The maximum Gasteiger partial charge on any atom is 0.255 e. The van der Waals surface area contributed by atoms with E-state index >= 15 is 0 Å². The molecule has 7 heteroatoms. The number of rotatable bonds is 9. The third-order valence-corrected chi connectivity index (χ3v) is 3.28.